The van der Waals surface area contributed by atoms with Gasteiger partial charge in [0.2, 0.25) is 0 Å². The van der Waals surface area contributed by atoms with Gasteiger partial charge in [0.05, 0.1) is 6.61 Å². The van der Waals surface area contributed by atoms with Crippen LogP contribution in [0.15, 0.2) is 48.5 Å². The van der Waals surface area contributed by atoms with Crippen molar-refractivity contribution >= 4 is 5.97 Å². The molecule has 0 saturated heterocycles. The third kappa shape index (κ3) is 5.00. The first-order valence-corrected chi connectivity index (χ1v) is 10.7. The Bertz CT molecular complexity index is 689. The highest BCUT2D eigenvalue weighted by Gasteiger charge is 2.34. The molecule has 2 nitrogen and oxygen atoms in total. The Morgan fingerprint density at radius 2 is 1.22 bits per heavy atom. The number of ether oxygens (including phenoxy) is 1. The number of rotatable bonds is 11. The molecule has 0 heterocycles. The summed E-state index contributed by atoms with van der Waals surface area (Å²) in [7, 11) is 0. The third-order valence-electron chi connectivity index (χ3n) is 5.56. The molecule has 0 spiro atoms. The topological polar surface area (TPSA) is 26.3 Å². The van der Waals surface area contributed by atoms with E-state index in [1.807, 2.05) is 24.3 Å². The van der Waals surface area contributed by atoms with Gasteiger partial charge in [-0.2, -0.15) is 0 Å². The molecule has 0 aliphatic heterocycles. The van der Waals surface area contributed by atoms with Gasteiger partial charge in [-0.1, -0.05) is 107 Å². The molecule has 0 bridgehead atoms. The van der Waals surface area contributed by atoms with E-state index in [1.165, 1.54) is 44.9 Å². The van der Waals surface area contributed by atoms with E-state index in [4.69, 9.17) is 4.74 Å². The lowest BCUT2D eigenvalue weighted by atomic mass is 9.97. The zero-order chi connectivity index (χ0) is 18.9. The van der Waals surface area contributed by atoms with Crippen LogP contribution in [0, 0.1) is 0 Å². The normalized spacial score (nSPS) is 12.6. The molecule has 0 unspecified atom stereocenters. The highest BCUT2D eigenvalue weighted by molar-refractivity contribution is 5.93. The Morgan fingerprint density at radius 1 is 0.741 bits per heavy atom. The second-order valence-corrected chi connectivity index (χ2v) is 7.60. The summed E-state index contributed by atoms with van der Waals surface area (Å²) in [5, 5.41) is 0. The van der Waals surface area contributed by atoms with Crippen LogP contribution < -0.4 is 0 Å². The smallest absolute Gasteiger partial charge is 0.317 e. The molecule has 0 N–H and O–H groups in total. The first kappa shape index (κ1) is 19.7. The van der Waals surface area contributed by atoms with E-state index < -0.39 is 0 Å². The van der Waals surface area contributed by atoms with Gasteiger partial charge in [-0.15, -0.1) is 0 Å². The standard InChI is InChI=1S/C25H32O2/c1-2-3-4-5-6-7-8-9-14-19-27-25(26)24-22-17-12-10-15-20(22)21-16-11-13-18-23(21)24/h10-13,15-18,24H,2-9,14,19H2,1H3. The number of unbranched alkanes of at least 4 members (excludes halogenated alkanes) is 8. The summed E-state index contributed by atoms with van der Waals surface area (Å²) < 4.78 is 5.66. The van der Waals surface area contributed by atoms with Gasteiger partial charge in [-0.3, -0.25) is 4.79 Å². The Kier molecular flexibility index (Phi) is 7.50. The van der Waals surface area contributed by atoms with Crippen LogP contribution in [0.4, 0.5) is 0 Å². The Morgan fingerprint density at radius 3 is 1.78 bits per heavy atom. The minimum Gasteiger partial charge on any atom is -0.465 e. The van der Waals surface area contributed by atoms with Crippen molar-refractivity contribution in [1.82, 2.24) is 0 Å². The fourth-order valence-electron chi connectivity index (χ4n) is 4.08. The summed E-state index contributed by atoms with van der Waals surface area (Å²) in [6.45, 7) is 2.79. The van der Waals surface area contributed by atoms with E-state index in [9.17, 15) is 4.79 Å². The number of carbonyl (C=O) groups is 1. The number of esters is 1. The van der Waals surface area contributed by atoms with Crippen molar-refractivity contribution in [3.8, 4) is 11.1 Å². The maximum atomic E-state index is 12.8. The second kappa shape index (κ2) is 10.3. The summed E-state index contributed by atoms with van der Waals surface area (Å²) >= 11 is 0. The highest BCUT2D eigenvalue weighted by Crippen LogP contribution is 2.44. The first-order valence-electron chi connectivity index (χ1n) is 10.7. The number of benzene rings is 2. The van der Waals surface area contributed by atoms with Crippen molar-refractivity contribution in [3.05, 3.63) is 59.7 Å². The predicted octanol–water partition coefficient (Wildman–Crippen LogP) is 6.87. The maximum absolute atomic E-state index is 12.8. The molecular weight excluding hydrogens is 332 g/mol. The quantitative estimate of drug-likeness (QED) is 0.321. The molecule has 2 aromatic carbocycles. The molecule has 2 aromatic rings. The lowest BCUT2D eigenvalue weighted by Gasteiger charge is -2.13. The van der Waals surface area contributed by atoms with Gasteiger partial charge >= 0.3 is 5.97 Å². The van der Waals surface area contributed by atoms with Gasteiger partial charge in [0.25, 0.3) is 0 Å². The largest absolute Gasteiger partial charge is 0.465 e. The van der Waals surface area contributed by atoms with Crippen LogP contribution in [0.5, 0.6) is 0 Å². The van der Waals surface area contributed by atoms with Crippen LogP contribution in [-0.2, 0) is 9.53 Å². The fourth-order valence-corrected chi connectivity index (χ4v) is 4.08. The summed E-state index contributed by atoms with van der Waals surface area (Å²) in [6.07, 6.45) is 11.4. The van der Waals surface area contributed by atoms with E-state index in [0.717, 1.165) is 35.1 Å². The highest BCUT2D eigenvalue weighted by atomic mass is 16.5. The maximum Gasteiger partial charge on any atom is 0.317 e. The second-order valence-electron chi connectivity index (χ2n) is 7.60. The Labute approximate surface area is 164 Å². The van der Waals surface area contributed by atoms with Crippen molar-refractivity contribution in [3.63, 3.8) is 0 Å². The number of hydrogen-bond acceptors (Lipinski definition) is 2. The lowest BCUT2D eigenvalue weighted by Crippen LogP contribution is -2.16. The molecule has 0 atom stereocenters. The SMILES string of the molecule is CCCCCCCCCCCOC(=O)C1c2ccccc2-c2ccccc21. The number of hydrogen-bond donors (Lipinski definition) is 0. The van der Waals surface area contributed by atoms with Crippen LogP contribution in [0.2, 0.25) is 0 Å². The minimum atomic E-state index is -0.268. The van der Waals surface area contributed by atoms with E-state index in [0.29, 0.717) is 6.61 Å². The van der Waals surface area contributed by atoms with Gasteiger partial charge in [-0.25, -0.2) is 0 Å². The Balaban J connectivity index is 1.43. The molecule has 27 heavy (non-hydrogen) atoms. The molecular formula is C25H32O2. The molecule has 0 fully saturated rings. The van der Waals surface area contributed by atoms with Crippen molar-refractivity contribution in [2.75, 3.05) is 6.61 Å². The van der Waals surface area contributed by atoms with Gasteiger partial charge in [0.1, 0.15) is 5.92 Å². The molecule has 1 aliphatic rings. The van der Waals surface area contributed by atoms with Crippen molar-refractivity contribution < 1.29 is 9.53 Å². The van der Waals surface area contributed by atoms with E-state index in [2.05, 4.69) is 31.2 Å². The van der Waals surface area contributed by atoms with Crippen LogP contribution in [0.1, 0.15) is 81.8 Å². The molecule has 3 rings (SSSR count). The average Bonchev–Trinajstić information content (AvgIpc) is 3.04. The molecule has 0 aromatic heterocycles. The fraction of sp³-hybridized carbons (Fsp3) is 0.480. The van der Waals surface area contributed by atoms with E-state index in [-0.39, 0.29) is 11.9 Å². The summed E-state index contributed by atoms with van der Waals surface area (Å²) in [5.41, 5.74) is 4.49. The molecule has 144 valence electrons. The van der Waals surface area contributed by atoms with Gasteiger partial charge in [0.15, 0.2) is 0 Å². The van der Waals surface area contributed by atoms with Gasteiger partial charge in [-0.05, 0) is 28.7 Å². The van der Waals surface area contributed by atoms with Gasteiger partial charge in [0, 0.05) is 0 Å². The molecule has 0 saturated carbocycles. The number of fused-ring (bicyclic) bond motifs is 3. The summed E-state index contributed by atoms with van der Waals surface area (Å²) in [4.78, 5) is 12.8. The van der Waals surface area contributed by atoms with Crippen molar-refractivity contribution in [1.29, 1.82) is 0 Å². The summed E-state index contributed by atoms with van der Waals surface area (Å²) in [5.74, 6) is -0.372. The summed E-state index contributed by atoms with van der Waals surface area (Å²) in [6, 6.07) is 16.4. The molecule has 0 radical (unpaired) electrons. The van der Waals surface area contributed by atoms with Crippen LogP contribution in [0.25, 0.3) is 11.1 Å². The monoisotopic (exact) mass is 364 g/mol. The minimum absolute atomic E-state index is 0.105. The predicted molar refractivity (Wildman–Crippen MR) is 112 cm³/mol. The van der Waals surface area contributed by atoms with Crippen LogP contribution in [-0.4, -0.2) is 12.6 Å². The number of carbonyl (C=O) groups excluding carboxylic acids is 1. The molecule has 0 amide bonds. The van der Waals surface area contributed by atoms with Gasteiger partial charge < -0.3 is 4.74 Å². The van der Waals surface area contributed by atoms with E-state index in [1.54, 1.807) is 0 Å². The third-order valence-corrected chi connectivity index (χ3v) is 5.56. The molecule has 1 aliphatic carbocycles. The zero-order valence-corrected chi connectivity index (χ0v) is 16.6. The Hall–Kier alpha value is -2.09. The molecule has 2 heteroatoms. The van der Waals surface area contributed by atoms with Crippen LogP contribution in [0.3, 0.4) is 0 Å². The first-order chi connectivity index (χ1) is 13.3. The van der Waals surface area contributed by atoms with E-state index >= 15 is 0 Å². The average molecular weight is 365 g/mol. The lowest BCUT2D eigenvalue weighted by molar-refractivity contribution is -0.144. The van der Waals surface area contributed by atoms with Crippen molar-refractivity contribution in [2.24, 2.45) is 0 Å². The van der Waals surface area contributed by atoms with Crippen molar-refractivity contribution in [2.45, 2.75) is 70.6 Å². The van der Waals surface area contributed by atoms with Crippen LogP contribution >= 0.6 is 0 Å². The zero-order valence-electron chi connectivity index (χ0n) is 16.6.